The third-order valence-corrected chi connectivity index (χ3v) is 4.92. The van der Waals surface area contributed by atoms with Crippen LogP contribution in [-0.4, -0.2) is 57.3 Å². The Morgan fingerprint density at radius 1 is 1.50 bits per heavy atom. The molecule has 6 nitrogen and oxygen atoms in total. The van der Waals surface area contributed by atoms with E-state index in [-0.39, 0.29) is 29.6 Å². The number of nitrogens with one attached hydrogen (secondary N) is 1. The number of carbonyl (C=O) groups is 2. The molecule has 112 valence electrons. The van der Waals surface area contributed by atoms with E-state index in [0.29, 0.717) is 11.3 Å². The molecule has 1 saturated heterocycles. The first-order chi connectivity index (χ1) is 9.61. The SMILES string of the molecule is CCCCCN[C@H]1C(=O)N2C(C(=O)O)=C(CO)CS[C@@H]12. The number of thioether (sulfide) groups is 1. The van der Waals surface area contributed by atoms with Gasteiger partial charge in [0.05, 0.1) is 6.61 Å². The molecule has 0 aromatic carbocycles. The van der Waals surface area contributed by atoms with E-state index in [1.54, 1.807) is 0 Å². The number of hydrogen-bond acceptors (Lipinski definition) is 5. The second-order valence-electron chi connectivity index (χ2n) is 4.96. The van der Waals surface area contributed by atoms with E-state index in [0.717, 1.165) is 25.8 Å². The van der Waals surface area contributed by atoms with Crippen molar-refractivity contribution in [3.05, 3.63) is 11.3 Å². The lowest BCUT2D eigenvalue weighted by atomic mass is 10.0. The number of aliphatic carboxylic acids is 1. The van der Waals surface area contributed by atoms with Gasteiger partial charge in [-0.3, -0.25) is 9.69 Å². The van der Waals surface area contributed by atoms with Crippen molar-refractivity contribution in [2.75, 3.05) is 18.9 Å². The summed E-state index contributed by atoms with van der Waals surface area (Å²) in [4.78, 5) is 24.7. The van der Waals surface area contributed by atoms with Crippen molar-refractivity contribution < 1.29 is 19.8 Å². The molecule has 2 rings (SSSR count). The van der Waals surface area contributed by atoms with Gasteiger partial charge in [0.25, 0.3) is 0 Å². The molecule has 20 heavy (non-hydrogen) atoms. The molecule has 0 radical (unpaired) electrons. The molecule has 1 fully saturated rings. The summed E-state index contributed by atoms with van der Waals surface area (Å²) in [6, 6.07) is -0.300. The number of fused-ring (bicyclic) bond motifs is 1. The van der Waals surface area contributed by atoms with Gasteiger partial charge >= 0.3 is 5.97 Å². The van der Waals surface area contributed by atoms with Gasteiger partial charge in [-0.2, -0.15) is 0 Å². The Balaban J connectivity index is 2.01. The van der Waals surface area contributed by atoms with Crippen molar-refractivity contribution in [2.24, 2.45) is 0 Å². The number of carboxylic acids is 1. The Labute approximate surface area is 122 Å². The van der Waals surface area contributed by atoms with Gasteiger partial charge in [0.1, 0.15) is 17.1 Å². The molecule has 2 atom stereocenters. The maximum absolute atomic E-state index is 12.1. The average molecular weight is 300 g/mol. The smallest absolute Gasteiger partial charge is 0.352 e. The topological polar surface area (TPSA) is 89.9 Å². The lowest BCUT2D eigenvalue weighted by Gasteiger charge is -2.49. The van der Waals surface area contributed by atoms with Crippen molar-refractivity contribution in [2.45, 2.75) is 37.6 Å². The van der Waals surface area contributed by atoms with E-state index in [4.69, 9.17) is 0 Å². The van der Waals surface area contributed by atoms with Crippen LogP contribution in [0.5, 0.6) is 0 Å². The minimum Gasteiger partial charge on any atom is -0.477 e. The molecule has 1 amide bonds. The lowest BCUT2D eigenvalue weighted by Crippen LogP contribution is -2.70. The van der Waals surface area contributed by atoms with E-state index >= 15 is 0 Å². The number of amides is 1. The lowest BCUT2D eigenvalue weighted by molar-refractivity contribution is -0.149. The highest BCUT2D eigenvalue weighted by atomic mass is 32.2. The van der Waals surface area contributed by atoms with Gasteiger partial charge in [-0.25, -0.2) is 4.79 Å². The van der Waals surface area contributed by atoms with E-state index in [1.165, 1.54) is 16.7 Å². The van der Waals surface area contributed by atoms with Gasteiger partial charge in [-0.15, -0.1) is 11.8 Å². The summed E-state index contributed by atoms with van der Waals surface area (Å²) in [5.74, 6) is -0.890. The fourth-order valence-electron chi connectivity index (χ4n) is 2.49. The fraction of sp³-hybridized carbons (Fsp3) is 0.692. The number of aliphatic hydroxyl groups excluding tert-OH is 1. The van der Waals surface area contributed by atoms with Crippen LogP contribution >= 0.6 is 11.8 Å². The molecule has 2 aliphatic heterocycles. The number of carboxylic acid groups (broad SMARTS) is 1. The van der Waals surface area contributed by atoms with Gasteiger partial charge in [0.2, 0.25) is 5.91 Å². The van der Waals surface area contributed by atoms with Crippen LogP contribution in [-0.2, 0) is 9.59 Å². The van der Waals surface area contributed by atoms with Crippen molar-refractivity contribution in [1.29, 1.82) is 0 Å². The Bertz CT molecular complexity index is 438. The number of rotatable bonds is 7. The minimum absolute atomic E-state index is 0.0344. The molecule has 7 heteroatoms. The van der Waals surface area contributed by atoms with E-state index in [1.807, 2.05) is 0 Å². The molecule has 0 saturated carbocycles. The summed E-state index contributed by atoms with van der Waals surface area (Å²) in [5.41, 5.74) is 0.379. The molecule has 0 aromatic rings. The number of unbranched alkanes of at least 4 members (excludes halogenated alkanes) is 2. The van der Waals surface area contributed by atoms with Crippen molar-refractivity contribution >= 4 is 23.6 Å². The molecule has 0 spiro atoms. The second-order valence-corrected chi connectivity index (χ2v) is 6.07. The van der Waals surface area contributed by atoms with Gasteiger partial charge in [0, 0.05) is 5.75 Å². The fourth-order valence-corrected chi connectivity index (χ4v) is 3.86. The van der Waals surface area contributed by atoms with Crippen LogP contribution in [0.25, 0.3) is 0 Å². The van der Waals surface area contributed by atoms with E-state index in [9.17, 15) is 19.8 Å². The third kappa shape index (κ3) is 2.70. The minimum atomic E-state index is -1.14. The van der Waals surface area contributed by atoms with Crippen molar-refractivity contribution in [3.63, 3.8) is 0 Å². The van der Waals surface area contributed by atoms with E-state index in [2.05, 4.69) is 12.2 Å². The molecule has 2 heterocycles. The molecule has 0 unspecified atom stereocenters. The summed E-state index contributed by atoms with van der Waals surface area (Å²) in [6.45, 7) is 2.57. The largest absolute Gasteiger partial charge is 0.477 e. The summed E-state index contributed by atoms with van der Waals surface area (Å²) in [5, 5.41) is 21.5. The van der Waals surface area contributed by atoms with Crippen molar-refractivity contribution in [1.82, 2.24) is 10.2 Å². The van der Waals surface area contributed by atoms with Gasteiger partial charge in [0.15, 0.2) is 0 Å². The second kappa shape index (κ2) is 6.60. The first-order valence-electron chi connectivity index (χ1n) is 6.86. The van der Waals surface area contributed by atoms with E-state index < -0.39 is 5.97 Å². The Hall–Kier alpha value is -1.05. The zero-order valence-electron chi connectivity index (χ0n) is 11.5. The van der Waals surface area contributed by atoms with Crippen LogP contribution in [0.3, 0.4) is 0 Å². The zero-order valence-corrected chi connectivity index (χ0v) is 12.3. The van der Waals surface area contributed by atoms with Gasteiger partial charge in [-0.05, 0) is 18.5 Å². The van der Waals surface area contributed by atoms with Gasteiger partial charge in [-0.1, -0.05) is 19.8 Å². The normalized spacial score (nSPS) is 25.5. The summed E-state index contributed by atoms with van der Waals surface area (Å²) >= 11 is 1.50. The number of nitrogens with zero attached hydrogens (tertiary/aromatic N) is 1. The zero-order chi connectivity index (χ0) is 14.7. The highest BCUT2D eigenvalue weighted by Gasteiger charge is 2.53. The summed E-state index contributed by atoms with van der Waals surface area (Å²) in [6.07, 6.45) is 3.25. The number of hydrogen-bond donors (Lipinski definition) is 3. The van der Waals surface area contributed by atoms with Gasteiger partial charge < -0.3 is 15.5 Å². The Morgan fingerprint density at radius 3 is 2.85 bits per heavy atom. The Kier molecular flexibility index (Phi) is 5.06. The van der Waals surface area contributed by atoms with Crippen LogP contribution < -0.4 is 5.32 Å². The maximum atomic E-state index is 12.1. The summed E-state index contributed by atoms with van der Waals surface area (Å²) < 4.78 is 0. The highest BCUT2D eigenvalue weighted by molar-refractivity contribution is 8.00. The average Bonchev–Trinajstić information content (AvgIpc) is 2.45. The quantitative estimate of drug-likeness (QED) is 0.465. The molecule has 0 aromatic heterocycles. The van der Waals surface area contributed by atoms with Crippen LogP contribution in [0.2, 0.25) is 0 Å². The predicted octanol–water partition coefficient (Wildman–Crippen LogP) is 0.381. The highest BCUT2D eigenvalue weighted by Crippen LogP contribution is 2.40. The van der Waals surface area contributed by atoms with Crippen LogP contribution in [0, 0.1) is 0 Å². The molecule has 0 aliphatic carbocycles. The monoisotopic (exact) mass is 300 g/mol. The Morgan fingerprint density at radius 2 is 2.25 bits per heavy atom. The van der Waals surface area contributed by atoms with Crippen LogP contribution in [0.4, 0.5) is 0 Å². The van der Waals surface area contributed by atoms with Crippen LogP contribution in [0.15, 0.2) is 11.3 Å². The molecule has 2 aliphatic rings. The number of carbonyl (C=O) groups excluding carboxylic acids is 1. The predicted molar refractivity (Wildman–Crippen MR) is 76.2 cm³/mol. The molecule has 0 bridgehead atoms. The molecular weight excluding hydrogens is 280 g/mol. The summed E-state index contributed by atoms with van der Waals surface area (Å²) in [7, 11) is 0. The number of aliphatic hydroxyl groups is 1. The first kappa shape index (κ1) is 15.3. The molecular formula is C13H20N2O4S. The number of β-lactam (4-membered cyclic amide) rings is 1. The maximum Gasteiger partial charge on any atom is 0.352 e. The third-order valence-electron chi connectivity index (χ3n) is 3.59. The van der Waals surface area contributed by atoms with Crippen LogP contribution in [0.1, 0.15) is 26.2 Å². The molecule has 3 N–H and O–H groups in total. The van der Waals surface area contributed by atoms with Crippen molar-refractivity contribution in [3.8, 4) is 0 Å². The first-order valence-corrected chi connectivity index (χ1v) is 7.91. The standard InChI is InChI=1S/C13H20N2O4S/c1-2-3-4-5-14-9-11(17)15-10(13(18)19)8(6-16)7-20-12(9)15/h9,12,14,16H,2-7H2,1H3,(H,18,19)/t9-,12-/m0/s1.